The number of nitrogens with one attached hydrogen (secondary N) is 1. The second kappa shape index (κ2) is 7.32. The number of aromatic nitrogens is 2. The zero-order valence-corrected chi connectivity index (χ0v) is 11.5. The summed E-state index contributed by atoms with van der Waals surface area (Å²) in [4.78, 5) is 2.10. The molecule has 3 N–H and O–H groups in total. The molecular formula is C11H23N5O2. The minimum Gasteiger partial charge on any atom is -0.493 e. The normalized spacial score (nSPS) is 13.0. The van der Waals surface area contributed by atoms with Gasteiger partial charge in [0.05, 0.1) is 32.5 Å². The third-order valence-electron chi connectivity index (χ3n) is 2.69. The minimum absolute atomic E-state index is 0.144. The molecule has 0 aliphatic heterocycles. The van der Waals surface area contributed by atoms with Crippen molar-refractivity contribution < 1.29 is 9.47 Å². The Labute approximate surface area is 108 Å². The van der Waals surface area contributed by atoms with E-state index < -0.39 is 0 Å². The summed E-state index contributed by atoms with van der Waals surface area (Å²) < 4.78 is 12.4. The lowest BCUT2D eigenvalue weighted by molar-refractivity contribution is 0.161. The standard InChI is InChI=1S/C11H23N5O2/c1-15(2)5-6-16-11(9(14-12)8-17-3)10(18-4)7-13-16/h7,9,14H,5-6,8,12H2,1-4H3. The fourth-order valence-electron chi connectivity index (χ4n) is 1.73. The van der Waals surface area contributed by atoms with Gasteiger partial charge >= 0.3 is 0 Å². The van der Waals surface area contributed by atoms with Gasteiger partial charge in [-0.3, -0.25) is 10.5 Å². The van der Waals surface area contributed by atoms with Gasteiger partial charge in [-0.1, -0.05) is 0 Å². The first-order valence-corrected chi connectivity index (χ1v) is 5.83. The highest BCUT2D eigenvalue weighted by molar-refractivity contribution is 5.28. The molecule has 7 nitrogen and oxygen atoms in total. The molecule has 18 heavy (non-hydrogen) atoms. The Balaban J connectivity index is 2.92. The summed E-state index contributed by atoms with van der Waals surface area (Å²) in [5.41, 5.74) is 3.63. The van der Waals surface area contributed by atoms with Crippen LogP contribution in [0.5, 0.6) is 5.75 Å². The summed E-state index contributed by atoms with van der Waals surface area (Å²) in [6.45, 7) is 2.12. The van der Waals surface area contributed by atoms with E-state index in [-0.39, 0.29) is 6.04 Å². The van der Waals surface area contributed by atoms with Crippen LogP contribution in [0.4, 0.5) is 0 Å². The van der Waals surface area contributed by atoms with Gasteiger partial charge in [0.25, 0.3) is 0 Å². The monoisotopic (exact) mass is 257 g/mol. The average Bonchev–Trinajstić information content (AvgIpc) is 2.76. The molecule has 0 bridgehead atoms. The zero-order valence-electron chi connectivity index (χ0n) is 11.5. The maximum Gasteiger partial charge on any atom is 0.161 e. The van der Waals surface area contributed by atoms with Crippen LogP contribution < -0.4 is 16.0 Å². The number of methoxy groups -OCH3 is 2. The smallest absolute Gasteiger partial charge is 0.161 e. The molecule has 0 saturated heterocycles. The summed E-state index contributed by atoms with van der Waals surface area (Å²) in [7, 11) is 7.30. The van der Waals surface area contributed by atoms with Crippen LogP contribution in [0, 0.1) is 0 Å². The lowest BCUT2D eigenvalue weighted by atomic mass is 10.2. The highest BCUT2D eigenvalue weighted by Crippen LogP contribution is 2.24. The fraction of sp³-hybridized carbons (Fsp3) is 0.727. The molecule has 7 heteroatoms. The van der Waals surface area contributed by atoms with Crippen LogP contribution >= 0.6 is 0 Å². The molecule has 104 valence electrons. The fourth-order valence-corrected chi connectivity index (χ4v) is 1.73. The third-order valence-corrected chi connectivity index (χ3v) is 2.69. The summed E-state index contributed by atoms with van der Waals surface area (Å²) in [6.07, 6.45) is 1.70. The van der Waals surface area contributed by atoms with Gasteiger partial charge in [-0.05, 0) is 14.1 Å². The highest BCUT2D eigenvalue weighted by Gasteiger charge is 2.20. The van der Waals surface area contributed by atoms with Crippen LogP contribution in [0.15, 0.2) is 6.20 Å². The van der Waals surface area contributed by atoms with E-state index in [0.717, 1.165) is 18.8 Å². The number of nitrogens with zero attached hydrogens (tertiary/aromatic N) is 3. The summed E-state index contributed by atoms with van der Waals surface area (Å²) in [6, 6.07) is -0.144. The van der Waals surface area contributed by atoms with Crippen molar-refractivity contribution >= 4 is 0 Å². The minimum atomic E-state index is -0.144. The van der Waals surface area contributed by atoms with Crippen LogP contribution in [-0.4, -0.2) is 56.1 Å². The van der Waals surface area contributed by atoms with E-state index in [1.54, 1.807) is 20.4 Å². The van der Waals surface area contributed by atoms with Crippen molar-refractivity contribution in [2.24, 2.45) is 5.84 Å². The maximum atomic E-state index is 5.56. The summed E-state index contributed by atoms with van der Waals surface area (Å²) >= 11 is 0. The molecule has 0 aliphatic rings. The Morgan fingerprint density at radius 2 is 2.22 bits per heavy atom. The lowest BCUT2D eigenvalue weighted by Gasteiger charge is -2.19. The van der Waals surface area contributed by atoms with Gasteiger partial charge in [-0.25, -0.2) is 5.43 Å². The molecule has 1 rings (SSSR count). The predicted molar refractivity (Wildman–Crippen MR) is 69.3 cm³/mol. The van der Waals surface area contributed by atoms with Crippen molar-refractivity contribution in [1.29, 1.82) is 0 Å². The third kappa shape index (κ3) is 3.67. The summed E-state index contributed by atoms with van der Waals surface area (Å²) in [5, 5.41) is 4.32. The van der Waals surface area contributed by atoms with E-state index in [1.807, 2.05) is 18.8 Å². The second-order valence-electron chi connectivity index (χ2n) is 4.30. The maximum absolute atomic E-state index is 5.56. The van der Waals surface area contributed by atoms with E-state index in [1.165, 1.54) is 0 Å². The van der Waals surface area contributed by atoms with Crippen LogP contribution in [-0.2, 0) is 11.3 Å². The Hall–Kier alpha value is -1.15. The Morgan fingerprint density at radius 3 is 2.72 bits per heavy atom. The van der Waals surface area contributed by atoms with Gasteiger partial charge in [0.1, 0.15) is 5.69 Å². The van der Waals surface area contributed by atoms with Gasteiger partial charge in [0.15, 0.2) is 5.75 Å². The topological polar surface area (TPSA) is 77.6 Å². The van der Waals surface area contributed by atoms with Crippen LogP contribution in [0.3, 0.4) is 0 Å². The first-order chi connectivity index (χ1) is 8.63. The molecule has 1 unspecified atom stereocenters. The van der Waals surface area contributed by atoms with Crippen molar-refractivity contribution in [3.8, 4) is 5.75 Å². The zero-order chi connectivity index (χ0) is 13.5. The largest absolute Gasteiger partial charge is 0.493 e. The predicted octanol–water partition coefficient (Wildman–Crippen LogP) is -0.396. The van der Waals surface area contributed by atoms with Crippen LogP contribution in [0.1, 0.15) is 11.7 Å². The molecule has 0 aliphatic carbocycles. The number of ether oxygens (including phenoxy) is 2. The van der Waals surface area contributed by atoms with Gasteiger partial charge in [0, 0.05) is 13.7 Å². The molecule has 0 aromatic carbocycles. The molecule has 1 heterocycles. The number of rotatable bonds is 8. The van der Waals surface area contributed by atoms with Crippen molar-refractivity contribution in [1.82, 2.24) is 20.1 Å². The Morgan fingerprint density at radius 1 is 1.50 bits per heavy atom. The van der Waals surface area contributed by atoms with E-state index in [9.17, 15) is 0 Å². The number of hydrogen-bond acceptors (Lipinski definition) is 6. The summed E-state index contributed by atoms with van der Waals surface area (Å²) in [5.74, 6) is 6.28. The Bertz CT molecular complexity index is 353. The van der Waals surface area contributed by atoms with Gasteiger partial charge in [0.2, 0.25) is 0 Å². The average molecular weight is 257 g/mol. The van der Waals surface area contributed by atoms with Gasteiger partial charge in [-0.15, -0.1) is 0 Å². The number of hydrogen-bond donors (Lipinski definition) is 2. The number of likely N-dealkylation sites (N-methyl/N-ethyl adjacent to an activating group) is 1. The second-order valence-corrected chi connectivity index (χ2v) is 4.30. The van der Waals surface area contributed by atoms with E-state index >= 15 is 0 Å². The van der Waals surface area contributed by atoms with Crippen molar-refractivity contribution in [2.45, 2.75) is 12.6 Å². The molecular weight excluding hydrogens is 234 g/mol. The van der Waals surface area contributed by atoms with Crippen LogP contribution in [0.2, 0.25) is 0 Å². The highest BCUT2D eigenvalue weighted by atomic mass is 16.5. The molecule has 1 atom stereocenters. The molecule has 0 amide bonds. The quantitative estimate of drug-likeness (QED) is 0.487. The van der Waals surface area contributed by atoms with Gasteiger partial charge < -0.3 is 14.4 Å². The van der Waals surface area contributed by atoms with Crippen molar-refractivity contribution in [3.05, 3.63) is 11.9 Å². The van der Waals surface area contributed by atoms with E-state index in [2.05, 4.69) is 15.4 Å². The van der Waals surface area contributed by atoms with Crippen molar-refractivity contribution in [2.75, 3.05) is 41.5 Å². The van der Waals surface area contributed by atoms with E-state index in [4.69, 9.17) is 15.3 Å². The van der Waals surface area contributed by atoms with Gasteiger partial charge in [-0.2, -0.15) is 5.10 Å². The van der Waals surface area contributed by atoms with E-state index in [0.29, 0.717) is 12.4 Å². The molecule has 1 aromatic rings. The SMILES string of the molecule is COCC(NN)c1c(OC)cnn1CCN(C)C. The lowest BCUT2D eigenvalue weighted by Crippen LogP contribution is -2.34. The number of hydrazine groups is 1. The molecule has 0 radical (unpaired) electrons. The van der Waals surface area contributed by atoms with Crippen molar-refractivity contribution in [3.63, 3.8) is 0 Å². The Kier molecular flexibility index (Phi) is 6.06. The number of nitrogens with two attached hydrogens (primary N) is 1. The molecule has 0 spiro atoms. The first kappa shape index (κ1) is 14.9. The molecule has 0 fully saturated rings. The first-order valence-electron chi connectivity index (χ1n) is 5.83. The molecule has 0 saturated carbocycles. The molecule has 1 aromatic heterocycles. The van der Waals surface area contributed by atoms with Crippen LogP contribution in [0.25, 0.3) is 0 Å².